The van der Waals surface area contributed by atoms with E-state index in [4.69, 9.17) is 0 Å². The van der Waals surface area contributed by atoms with Crippen LogP contribution in [0.2, 0.25) is 0 Å². The first kappa shape index (κ1) is 18.3. The van der Waals surface area contributed by atoms with Crippen LogP contribution in [0.5, 0.6) is 5.75 Å². The Balaban J connectivity index is 1.65. The summed E-state index contributed by atoms with van der Waals surface area (Å²) in [6.45, 7) is -2.09. The van der Waals surface area contributed by atoms with Crippen molar-refractivity contribution in [3.05, 3.63) is 54.1 Å². The molecule has 0 aliphatic carbocycles. The number of fused-ring (bicyclic) bond motifs is 1. The van der Waals surface area contributed by atoms with Crippen molar-refractivity contribution in [1.29, 1.82) is 0 Å². The molecule has 2 aromatic rings. The number of rotatable bonds is 6. The summed E-state index contributed by atoms with van der Waals surface area (Å²) >= 11 is 0. The summed E-state index contributed by atoms with van der Waals surface area (Å²) < 4.78 is 56.9. The van der Waals surface area contributed by atoms with Gasteiger partial charge in [0.25, 0.3) is 10.0 Å². The van der Waals surface area contributed by atoms with Crippen LogP contribution in [-0.4, -0.2) is 39.4 Å². The number of nitrogens with zero attached hydrogens (tertiary/aromatic N) is 2. The number of halogens is 2. The van der Waals surface area contributed by atoms with Gasteiger partial charge < -0.3 is 10.1 Å². The summed E-state index contributed by atoms with van der Waals surface area (Å²) in [6, 6.07) is 12.9. The lowest BCUT2D eigenvalue weighted by molar-refractivity contribution is -0.0498. The normalized spacial score (nSPS) is 15.3. The number of likely N-dealkylation sites (N-methyl/N-ethyl adjacent to an activating group) is 1. The molecule has 0 radical (unpaired) electrons. The summed E-state index contributed by atoms with van der Waals surface area (Å²) in [5.41, 5.74) is 1.37. The van der Waals surface area contributed by atoms with Gasteiger partial charge in [-0.05, 0) is 36.9 Å². The van der Waals surface area contributed by atoms with Gasteiger partial charge in [0, 0.05) is 6.54 Å². The van der Waals surface area contributed by atoms with Crippen molar-refractivity contribution in [3.63, 3.8) is 0 Å². The Morgan fingerprint density at radius 3 is 2.50 bits per heavy atom. The summed E-state index contributed by atoms with van der Waals surface area (Å²) in [5.74, 6) is 0.413. The summed E-state index contributed by atoms with van der Waals surface area (Å²) in [5, 5.41) is 3.03. The molecule has 1 aliphatic heterocycles. The number of anilines is 1. The summed E-state index contributed by atoms with van der Waals surface area (Å²) in [6.07, 6.45) is 0. The molecule has 0 saturated carbocycles. The lowest BCUT2D eigenvalue weighted by Gasteiger charge is -2.22. The van der Waals surface area contributed by atoms with Gasteiger partial charge in [-0.15, -0.1) is 4.40 Å². The van der Waals surface area contributed by atoms with E-state index < -0.39 is 16.6 Å². The number of sulfonamides is 1. The van der Waals surface area contributed by atoms with Crippen molar-refractivity contribution >= 4 is 21.5 Å². The maximum absolute atomic E-state index is 12.2. The second-order valence-electron chi connectivity index (χ2n) is 5.83. The van der Waals surface area contributed by atoms with Crippen LogP contribution in [0.15, 0.2) is 57.8 Å². The summed E-state index contributed by atoms with van der Waals surface area (Å²) in [4.78, 5) is 2.01. The highest BCUT2D eigenvalue weighted by Crippen LogP contribution is 2.26. The average molecular weight is 381 g/mol. The zero-order valence-corrected chi connectivity index (χ0v) is 14.7. The first-order valence-electron chi connectivity index (χ1n) is 7.76. The van der Waals surface area contributed by atoms with E-state index in [2.05, 4.69) is 14.5 Å². The van der Waals surface area contributed by atoms with Crippen LogP contribution in [0.25, 0.3) is 0 Å². The van der Waals surface area contributed by atoms with Crippen LogP contribution in [0.1, 0.15) is 5.56 Å². The highest BCUT2D eigenvalue weighted by atomic mass is 32.2. The Kier molecular flexibility index (Phi) is 5.19. The molecule has 1 heterocycles. The van der Waals surface area contributed by atoms with Crippen LogP contribution >= 0.6 is 0 Å². The molecule has 0 atom stereocenters. The number of hydrogen-bond donors (Lipinski definition) is 1. The smallest absolute Gasteiger partial charge is 0.387 e. The molecule has 1 N–H and O–H groups in total. The molecule has 26 heavy (non-hydrogen) atoms. The minimum atomic E-state index is -3.72. The van der Waals surface area contributed by atoms with Crippen molar-refractivity contribution in [1.82, 2.24) is 4.90 Å². The monoisotopic (exact) mass is 381 g/mol. The molecule has 0 bridgehead atoms. The predicted octanol–water partition coefficient (Wildman–Crippen LogP) is 2.93. The highest BCUT2D eigenvalue weighted by molar-refractivity contribution is 7.90. The molecule has 0 saturated heterocycles. The van der Waals surface area contributed by atoms with E-state index in [9.17, 15) is 17.2 Å². The van der Waals surface area contributed by atoms with Crippen LogP contribution in [-0.2, 0) is 16.6 Å². The van der Waals surface area contributed by atoms with Crippen LogP contribution in [0.3, 0.4) is 0 Å². The van der Waals surface area contributed by atoms with E-state index in [1.807, 2.05) is 4.90 Å². The molecule has 1 aliphatic rings. The number of nitrogens with one attached hydrogen (secondary N) is 1. The maximum atomic E-state index is 12.2. The third kappa shape index (κ3) is 4.36. The fourth-order valence-corrected chi connectivity index (χ4v) is 3.77. The molecule has 3 rings (SSSR count). The van der Waals surface area contributed by atoms with Crippen LogP contribution < -0.4 is 10.1 Å². The fourth-order valence-electron chi connectivity index (χ4n) is 2.64. The Hall–Kier alpha value is -2.52. The zero-order valence-electron chi connectivity index (χ0n) is 13.9. The predicted molar refractivity (Wildman–Crippen MR) is 94.1 cm³/mol. The number of alkyl halides is 2. The molecular weight excluding hydrogens is 364 g/mol. The standard InChI is InChI=1S/C17H17F2N3O3S/c1-22(10-12-6-8-13(9-7-12)25-17(18)19)11-16-20-14-4-2-3-5-15(14)26(23,24)21-16/h2-9,17H,10-11H2,1H3,(H,20,21). The fraction of sp³-hybridized carbons (Fsp3) is 0.235. The number of ether oxygens (including phenoxy) is 1. The first-order valence-corrected chi connectivity index (χ1v) is 9.20. The van der Waals surface area contributed by atoms with Gasteiger partial charge in [0.1, 0.15) is 16.5 Å². The lowest BCUT2D eigenvalue weighted by atomic mass is 10.2. The topological polar surface area (TPSA) is 71.0 Å². The molecule has 0 unspecified atom stereocenters. The van der Waals surface area contributed by atoms with Gasteiger partial charge in [-0.1, -0.05) is 24.3 Å². The number of hydrogen-bond acceptors (Lipinski definition) is 5. The van der Waals surface area contributed by atoms with Gasteiger partial charge >= 0.3 is 6.61 Å². The van der Waals surface area contributed by atoms with Crippen molar-refractivity contribution in [2.24, 2.45) is 4.40 Å². The third-order valence-electron chi connectivity index (χ3n) is 3.69. The Morgan fingerprint density at radius 1 is 1.12 bits per heavy atom. The second-order valence-corrected chi connectivity index (χ2v) is 7.40. The van der Waals surface area contributed by atoms with Crippen molar-refractivity contribution in [2.75, 3.05) is 18.9 Å². The van der Waals surface area contributed by atoms with Gasteiger partial charge in [-0.25, -0.2) is 0 Å². The molecule has 0 spiro atoms. The molecule has 0 amide bonds. The van der Waals surface area contributed by atoms with Gasteiger partial charge in [-0.2, -0.15) is 17.2 Å². The lowest BCUT2D eigenvalue weighted by Crippen LogP contribution is -2.33. The SMILES string of the molecule is CN(CC1=NS(=O)(=O)c2ccccc2N1)Cc1ccc(OC(F)F)cc1. The molecule has 0 fully saturated rings. The quantitative estimate of drug-likeness (QED) is 0.833. The maximum Gasteiger partial charge on any atom is 0.387 e. The Labute approximate surface area is 150 Å². The average Bonchev–Trinajstić information content (AvgIpc) is 2.55. The second kappa shape index (κ2) is 7.38. The zero-order chi connectivity index (χ0) is 18.7. The van der Waals surface area contributed by atoms with Gasteiger partial charge in [0.2, 0.25) is 0 Å². The number of benzene rings is 2. The largest absolute Gasteiger partial charge is 0.435 e. The third-order valence-corrected chi connectivity index (χ3v) is 5.07. The van der Waals surface area contributed by atoms with Crippen LogP contribution in [0, 0.1) is 0 Å². The van der Waals surface area contributed by atoms with Gasteiger partial charge in [0.05, 0.1) is 12.2 Å². The van der Waals surface area contributed by atoms with Crippen molar-refractivity contribution in [3.8, 4) is 5.75 Å². The molecule has 6 nitrogen and oxygen atoms in total. The molecular formula is C17H17F2N3O3S. The van der Waals surface area contributed by atoms with Gasteiger partial charge in [-0.3, -0.25) is 4.90 Å². The van der Waals surface area contributed by atoms with E-state index in [-0.39, 0.29) is 17.2 Å². The van der Waals surface area contributed by atoms with Crippen molar-refractivity contribution in [2.45, 2.75) is 18.1 Å². The number of amidine groups is 1. The molecule has 0 aromatic heterocycles. The molecule has 9 heteroatoms. The van der Waals surface area contributed by atoms with E-state index in [1.165, 1.54) is 18.2 Å². The van der Waals surface area contributed by atoms with E-state index in [0.717, 1.165) is 5.56 Å². The first-order chi connectivity index (χ1) is 12.3. The minimum Gasteiger partial charge on any atom is -0.435 e. The van der Waals surface area contributed by atoms with E-state index >= 15 is 0 Å². The Bertz CT molecular complexity index is 915. The number of para-hydroxylation sites is 1. The van der Waals surface area contributed by atoms with Gasteiger partial charge in [0.15, 0.2) is 0 Å². The summed E-state index contributed by atoms with van der Waals surface area (Å²) in [7, 11) is -1.91. The van der Waals surface area contributed by atoms with E-state index in [0.29, 0.717) is 18.1 Å². The highest BCUT2D eigenvalue weighted by Gasteiger charge is 2.24. The Morgan fingerprint density at radius 2 is 1.81 bits per heavy atom. The van der Waals surface area contributed by atoms with Crippen molar-refractivity contribution < 1.29 is 21.9 Å². The minimum absolute atomic E-state index is 0.0902. The van der Waals surface area contributed by atoms with E-state index in [1.54, 1.807) is 37.4 Å². The van der Waals surface area contributed by atoms with Crippen LogP contribution in [0.4, 0.5) is 14.5 Å². The molecule has 138 valence electrons. The molecule has 2 aromatic carbocycles.